The van der Waals surface area contributed by atoms with Crippen molar-refractivity contribution in [2.75, 3.05) is 13.1 Å². The summed E-state index contributed by atoms with van der Waals surface area (Å²) < 4.78 is 96.8. The molecule has 1 N–H and O–H groups in total. The van der Waals surface area contributed by atoms with Crippen molar-refractivity contribution in [2.24, 2.45) is 7.05 Å². The average Bonchev–Trinajstić information content (AvgIpc) is 3.30. The summed E-state index contributed by atoms with van der Waals surface area (Å²) in [5.74, 6) is 0. The van der Waals surface area contributed by atoms with Crippen LogP contribution in [0.3, 0.4) is 0 Å². The SMILES string of the molecule is [C-]#[N+]C1(NS(=O)(=O)c2cc(C3=CCN(S(=O)(=O)C(C)C)CC3)c3c(n2)c(-c2nnc(C(F)(F)F)s2)nn3C)CC1. The molecule has 1 aliphatic heterocycles. The zero-order valence-corrected chi connectivity index (χ0v) is 23.8. The molecule has 12 nitrogen and oxygen atoms in total. The lowest BCUT2D eigenvalue weighted by atomic mass is 9.99. The molecule has 40 heavy (non-hydrogen) atoms. The Morgan fingerprint density at radius 3 is 2.42 bits per heavy atom. The Kier molecular flexibility index (Phi) is 6.81. The van der Waals surface area contributed by atoms with Crippen LogP contribution >= 0.6 is 11.3 Å². The summed E-state index contributed by atoms with van der Waals surface area (Å²) in [6.07, 6.45) is -2.16. The Morgan fingerprint density at radius 2 is 1.90 bits per heavy atom. The van der Waals surface area contributed by atoms with Gasteiger partial charge in [-0.2, -0.15) is 22.6 Å². The molecule has 18 heteroatoms. The molecule has 214 valence electrons. The number of alkyl halides is 3. The molecule has 0 radical (unpaired) electrons. The van der Waals surface area contributed by atoms with Crippen LogP contribution in [0.4, 0.5) is 13.2 Å². The lowest BCUT2D eigenvalue weighted by Gasteiger charge is -2.27. The smallest absolute Gasteiger partial charge is 0.292 e. The van der Waals surface area contributed by atoms with Crippen molar-refractivity contribution in [3.63, 3.8) is 0 Å². The van der Waals surface area contributed by atoms with Crippen molar-refractivity contribution in [2.45, 2.75) is 55.2 Å². The first kappa shape index (κ1) is 28.5. The van der Waals surface area contributed by atoms with Gasteiger partial charge in [-0.25, -0.2) is 28.4 Å². The highest BCUT2D eigenvalue weighted by atomic mass is 32.2. The van der Waals surface area contributed by atoms with E-state index in [1.54, 1.807) is 19.9 Å². The molecule has 1 aliphatic carbocycles. The molecule has 0 bridgehead atoms. The van der Waals surface area contributed by atoms with Gasteiger partial charge in [0.1, 0.15) is 11.2 Å². The van der Waals surface area contributed by atoms with Gasteiger partial charge in [-0.05, 0) is 31.9 Å². The van der Waals surface area contributed by atoms with Crippen LogP contribution in [-0.4, -0.2) is 70.1 Å². The van der Waals surface area contributed by atoms with Crippen LogP contribution in [0.5, 0.6) is 0 Å². The third kappa shape index (κ3) is 5.00. The molecule has 0 unspecified atom stereocenters. The number of pyridine rings is 1. The highest BCUT2D eigenvalue weighted by Crippen LogP contribution is 2.41. The maximum Gasteiger partial charge on any atom is 0.445 e. The topological polar surface area (TPSA) is 144 Å². The van der Waals surface area contributed by atoms with Crippen LogP contribution in [-0.2, 0) is 33.3 Å². The maximum atomic E-state index is 13.3. The first-order valence-electron chi connectivity index (χ1n) is 12.0. The molecule has 0 spiro atoms. The number of nitrogens with one attached hydrogen (secondary N) is 1. The second-order valence-corrected chi connectivity index (χ2v) is 14.9. The second-order valence-electron chi connectivity index (χ2n) is 9.77. The van der Waals surface area contributed by atoms with E-state index in [0.717, 1.165) is 0 Å². The largest absolute Gasteiger partial charge is 0.445 e. The number of halogens is 3. The number of hydrogen-bond donors (Lipinski definition) is 1. The summed E-state index contributed by atoms with van der Waals surface area (Å²) in [5.41, 5.74) is -0.0408. The zero-order valence-electron chi connectivity index (χ0n) is 21.4. The predicted octanol–water partition coefficient (Wildman–Crippen LogP) is 3.02. The van der Waals surface area contributed by atoms with Crippen LogP contribution in [0.25, 0.3) is 32.2 Å². The Labute approximate surface area is 231 Å². The van der Waals surface area contributed by atoms with E-state index in [1.807, 2.05) is 0 Å². The van der Waals surface area contributed by atoms with Crippen molar-refractivity contribution < 1.29 is 30.0 Å². The third-order valence-electron chi connectivity index (χ3n) is 6.65. The fourth-order valence-electron chi connectivity index (χ4n) is 4.30. The molecule has 3 aromatic rings. The van der Waals surface area contributed by atoms with E-state index >= 15 is 0 Å². The van der Waals surface area contributed by atoms with Crippen LogP contribution in [0, 0.1) is 6.57 Å². The van der Waals surface area contributed by atoms with Gasteiger partial charge in [0.05, 0.1) is 23.6 Å². The monoisotopic (exact) mass is 616 g/mol. The van der Waals surface area contributed by atoms with Crippen LogP contribution in [0.1, 0.15) is 43.7 Å². The first-order valence-corrected chi connectivity index (χ1v) is 15.8. The predicted molar refractivity (Wildman–Crippen MR) is 140 cm³/mol. The third-order valence-corrected chi connectivity index (χ3v) is 11.3. The minimum absolute atomic E-state index is 0.0176. The highest BCUT2D eigenvalue weighted by Gasteiger charge is 2.54. The van der Waals surface area contributed by atoms with Crippen LogP contribution in [0.15, 0.2) is 17.2 Å². The van der Waals surface area contributed by atoms with E-state index in [-0.39, 0.29) is 47.1 Å². The Morgan fingerprint density at radius 1 is 1.20 bits per heavy atom. The molecule has 0 saturated heterocycles. The number of hydrogen-bond acceptors (Lipinski definition) is 9. The molecule has 5 rings (SSSR count). The minimum Gasteiger partial charge on any atom is -0.292 e. The van der Waals surface area contributed by atoms with Crippen molar-refractivity contribution in [3.05, 3.63) is 34.1 Å². The van der Waals surface area contributed by atoms with E-state index in [2.05, 4.69) is 29.8 Å². The van der Waals surface area contributed by atoms with Crippen molar-refractivity contribution in [1.82, 2.24) is 34.0 Å². The molecule has 4 heterocycles. The summed E-state index contributed by atoms with van der Waals surface area (Å²) >= 11 is 0.249. The van der Waals surface area contributed by atoms with Crippen molar-refractivity contribution in [1.29, 1.82) is 0 Å². The summed E-state index contributed by atoms with van der Waals surface area (Å²) in [4.78, 5) is 7.66. The van der Waals surface area contributed by atoms with Gasteiger partial charge in [0.2, 0.25) is 15.0 Å². The number of sulfonamides is 2. The molecule has 1 fully saturated rings. The van der Waals surface area contributed by atoms with Gasteiger partial charge in [-0.15, -0.1) is 14.9 Å². The minimum atomic E-state index is -4.73. The normalized spacial score (nSPS) is 18.2. The zero-order chi connectivity index (χ0) is 29.3. The number of aromatic nitrogens is 5. The Bertz CT molecular complexity index is 1800. The van der Waals surface area contributed by atoms with E-state index < -0.39 is 47.2 Å². The molecular weight excluding hydrogens is 593 g/mol. The Balaban J connectivity index is 1.68. The van der Waals surface area contributed by atoms with Crippen LogP contribution in [0.2, 0.25) is 0 Å². The fourth-order valence-corrected chi connectivity index (χ4v) is 7.56. The number of rotatable bonds is 7. The molecule has 0 amide bonds. The van der Waals surface area contributed by atoms with Gasteiger partial charge in [0.25, 0.3) is 15.7 Å². The summed E-state index contributed by atoms with van der Waals surface area (Å²) in [6, 6.07) is 1.32. The number of nitrogens with zero attached hydrogens (tertiary/aromatic N) is 7. The molecule has 2 aliphatic rings. The van der Waals surface area contributed by atoms with Gasteiger partial charge in [-0.3, -0.25) is 9.53 Å². The molecule has 1 saturated carbocycles. The number of aryl methyl sites for hydroxylation is 1. The van der Waals surface area contributed by atoms with E-state index in [4.69, 9.17) is 6.57 Å². The lowest BCUT2D eigenvalue weighted by Crippen LogP contribution is -2.39. The van der Waals surface area contributed by atoms with Crippen molar-refractivity contribution in [3.8, 4) is 10.7 Å². The van der Waals surface area contributed by atoms with Crippen molar-refractivity contribution >= 4 is 48.0 Å². The van der Waals surface area contributed by atoms with Gasteiger partial charge in [0.15, 0.2) is 10.0 Å². The summed E-state index contributed by atoms with van der Waals surface area (Å²) in [7, 11) is -6.32. The number of fused-ring (bicyclic) bond motifs is 1. The highest BCUT2D eigenvalue weighted by molar-refractivity contribution is 7.89. The summed E-state index contributed by atoms with van der Waals surface area (Å²) in [5, 5.41) is 8.68. The molecule has 0 aromatic carbocycles. The first-order chi connectivity index (χ1) is 18.6. The molecule has 3 aromatic heterocycles. The van der Waals surface area contributed by atoms with E-state index in [1.165, 1.54) is 22.1 Å². The van der Waals surface area contributed by atoms with E-state index in [0.29, 0.717) is 29.5 Å². The maximum absolute atomic E-state index is 13.3. The van der Waals surface area contributed by atoms with Gasteiger partial charge in [0, 0.05) is 25.7 Å². The van der Waals surface area contributed by atoms with Gasteiger partial charge in [-0.1, -0.05) is 17.4 Å². The van der Waals surface area contributed by atoms with E-state index in [9.17, 15) is 30.0 Å². The van der Waals surface area contributed by atoms with Crippen LogP contribution < -0.4 is 4.72 Å². The second kappa shape index (κ2) is 9.55. The van der Waals surface area contributed by atoms with Gasteiger partial charge < -0.3 is 0 Å². The summed E-state index contributed by atoms with van der Waals surface area (Å²) in [6.45, 7) is 10.7. The molecule has 0 atom stereocenters. The fraction of sp³-hybridized carbons (Fsp3) is 0.500. The quantitative estimate of drug-likeness (QED) is 0.399. The molecular formula is C22H23F3N8O4S3. The lowest BCUT2D eigenvalue weighted by molar-refractivity contribution is -0.138. The Hall–Kier alpha value is -2.98. The van der Waals surface area contributed by atoms with Gasteiger partial charge >= 0.3 is 6.18 Å². The standard InChI is InChI=1S/C22H23F3N8O4S3/c1-12(2)40(36,37)33-9-5-13(6-10-33)14-11-15(39(34,35)31-21(26-3)7-8-21)27-16-17(30-32(4)18(14)16)19-28-29-20(38-19)22(23,24)25/h5,11-12,31H,6-10H2,1-2,4H3. The average molecular weight is 617 g/mol.